The van der Waals surface area contributed by atoms with Gasteiger partial charge in [-0.15, -0.1) is 0 Å². The third-order valence-corrected chi connectivity index (χ3v) is 4.09. The number of hydrogen-bond donors (Lipinski definition) is 5. The molecule has 0 heterocycles. The average Bonchev–Trinajstić information content (AvgIpc) is 2.76. The molecular weight excluding hydrogens is 410 g/mol. The first-order valence-electron chi connectivity index (χ1n) is 9.44. The largest absolute Gasteiger partial charge is 0.339 e. The van der Waals surface area contributed by atoms with Crippen molar-refractivity contribution in [1.82, 2.24) is 15.7 Å². The summed E-state index contributed by atoms with van der Waals surface area (Å²) < 4.78 is 0. The zero-order valence-corrected chi connectivity index (χ0v) is 17.3. The van der Waals surface area contributed by atoms with E-state index < -0.39 is 17.9 Å². The first-order chi connectivity index (χ1) is 14.8. The van der Waals surface area contributed by atoms with Gasteiger partial charge in [-0.3, -0.25) is 19.6 Å². The molecule has 0 bridgehead atoms. The topological polar surface area (TPSA) is 137 Å². The molecule has 0 radical (unpaired) electrons. The second-order valence-corrected chi connectivity index (χ2v) is 6.93. The molecule has 0 saturated heterocycles. The van der Waals surface area contributed by atoms with Crippen LogP contribution in [0, 0.1) is 11.8 Å². The van der Waals surface area contributed by atoms with Crippen LogP contribution >= 0.6 is 0 Å². The van der Waals surface area contributed by atoms with E-state index in [0.717, 1.165) is 5.56 Å². The van der Waals surface area contributed by atoms with Crippen molar-refractivity contribution in [3.8, 4) is 11.8 Å². The van der Waals surface area contributed by atoms with Crippen LogP contribution in [0.4, 0.5) is 5.69 Å². The molecule has 170 valence electrons. The highest BCUT2D eigenvalue weighted by molar-refractivity contribution is 5.97. The zero-order chi connectivity index (χ0) is 22.8. The molecule has 2 aromatic carbocycles. The van der Waals surface area contributed by atoms with Crippen LogP contribution in [0.2, 0.25) is 0 Å². The van der Waals surface area contributed by atoms with E-state index in [4.69, 9.17) is 10.9 Å². The number of carbonyl (C=O) groups is 3. The molecule has 9 heteroatoms. The van der Waals surface area contributed by atoms with Crippen LogP contribution in [-0.4, -0.2) is 61.1 Å². The van der Waals surface area contributed by atoms with Gasteiger partial charge in [-0.05, 0) is 62.6 Å². The maximum atomic E-state index is 12.2. The number of amides is 3. The normalized spacial score (nSPS) is 10.8. The fourth-order valence-electron chi connectivity index (χ4n) is 2.52. The second-order valence-electron chi connectivity index (χ2n) is 6.93. The zero-order valence-electron chi connectivity index (χ0n) is 17.3. The summed E-state index contributed by atoms with van der Waals surface area (Å²) in [5, 5.41) is 13.9. The van der Waals surface area contributed by atoms with Crippen molar-refractivity contribution in [3.63, 3.8) is 0 Å². The van der Waals surface area contributed by atoms with Crippen LogP contribution < -0.4 is 21.8 Å². The number of rotatable bonds is 7. The molecule has 0 unspecified atom stereocenters. The lowest BCUT2D eigenvalue weighted by atomic mass is 10.1. The summed E-state index contributed by atoms with van der Waals surface area (Å²) in [6, 6.07) is 12.7. The smallest absolute Gasteiger partial charge is 0.267 e. The van der Waals surface area contributed by atoms with Crippen LogP contribution in [0.3, 0.4) is 0 Å². The van der Waals surface area contributed by atoms with Gasteiger partial charge in [0.2, 0.25) is 5.91 Å². The quantitative estimate of drug-likeness (QED) is 0.246. The Morgan fingerprint density at radius 1 is 1.00 bits per heavy atom. The van der Waals surface area contributed by atoms with Crippen molar-refractivity contribution in [2.24, 2.45) is 5.73 Å². The summed E-state index contributed by atoms with van der Waals surface area (Å²) >= 11 is 0. The van der Waals surface area contributed by atoms with Crippen molar-refractivity contribution in [2.45, 2.75) is 13.5 Å². The van der Waals surface area contributed by atoms with E-state index in [1.165, 1.54) is 5.48 Å². The van der Waals surface area contributed by atoms with Gasteiger partial charge in [0.05, 0.1) is 6.54 Å². The van der Waals surface area contributed by atoms with E-state index in [0.29, 0.717) is 23.4 Å². The lowest BCUT2D eigenvalue weighted by Crippen LogP contribution is -2.50. The van der Waals surface area contributed by atoms with Crippen LogP contribution in [0.1, 0.15) is 28.9 Å². The van der Waals surface area contributed by atoms with Crippen LogP contribution in [0.5, 0.6) is 0 Å². The third kappa shape index (κ3) is 8.20. The molecule has 32 heavy (non-hydrogen) atoms. The second kappa shape index (κ2) is 12.9. The molecule has 0 aliphatic carbocycles. The Labute approximate surface area is 187 Å². The first kappa shape index (κ1) is 26.3. The van der Waals surface area contributed by atoms with E-state index in [2.05, 4.69) is 22.5 Å². The van der Waals surface area contributed by atoms with Gasteiger partial charge < -0.3 is 21.3 Å². The molecule has 0 fully saturated rings. The Kier molecular flexibility index (Phi) is 10.6. The van der Waals surface area contributed by atoms with Gasteiger partial charge in [0, 0.05) is 28.9 Å². The number of hydrogen-bond acceptors (Lipinski definition) is 6. The minimum Gasteiger partial charge on any atom is -0.339 e. The number of hydroxylamine groups is 1. The molecule has 1 atom stereocenters. The molecule has 6 N–H and O–H groups in total. The van der Waals surface area contributed by atoms with E-state index in [1.807, 2.05) is 14.1 Å². The van der Waals surface area contributed by atoms with E-state index in [9.17, 15) is 14.4 Å². The monoisotopic (exact) mass is 439 g/mol. The van der Waals surface area contributed by atoms with Gasteiger partial charge in [0.25, 0.3) is 11.8 Å². The molecular formula is C23H29N5O4. The number of nitrogens with one attached hydrogen (secondary N) is 3. The average molecular weight is 440 g/mol. The molecule has 0 aromatic heterocycles. The number of carbonyl (C=O) groups excluding carboxylic acids is 3. The SMILES string of the molecule is C.CN(C)CC(=O)Nc1ccc(C#Cc2ccc(C(=O)N[C@@H](CN)C(=O)NO)cc2)cc1. The summed E-state index contributed by atoms with van der Waals surface area (Å²) in [7, 11) is 3.65. The maximum absolute atomic E-state index is 12.2. The summed E-state index contributed by atoms with van der Waals surface area (Å²) in [5.74, 6) is 4.64. The molecule has 0 spiro atoms. The maximum Gasteiger partial charge on any atom is 0.267 e. The van der Waals surface area contributed by atoms with Gasteiger partial charge in [-0.25, -0.2) is 5.48 Å². The van der Waals surface area contributed by atoms with Gasteiger partial charge in [-0.2, -0.15) is 0 Å². The lowest BCUT2D eigenvalue weighted by molar-refractivity contribution is -0.130. The van der Waals surface area contributed by atoms with Crippen molar-refractivity contribution >= 4 is 23.4 Å². The van der Waals surface area contributed by atoms with Gasteiger partial charge >= 0.3 is 0 Å². The Balaban J connectivity index is 0.00000512. The lowest BCUT2D eigenvalue weighted by Gasteiger charge is -2.14. The van der Waals surface area contributed by atoms with Crippen molar-refractivity contribution in [1.29, 1.82) is 0 Å². The highest BCUT2D eigenvalue weighted by atomic mass is 16.5. The van der Waals surface area contributed by atoms with Crippen LogP contribution in [0.15, 0.2) is 48.5 Å². The van der Waals surface area contributed by atoms with Gasteiger partial charge in [0.1, 0.15) is 6.04 Å². The van der Waals surface area contributed by atoms with Gasteiger partial charge in [0.15, 0.2) is 0 Å². The third-order valence-electron chi connectivity index (χ3n) is 4.09. The molecule has 9 nitrogen and oxygen atoms in total. The fourth-order valence-corrected chi connectivity index (χ4v) is 2.52. The van der Waals surface area contributed by atoms with Gasteiger partial charge in [-0.1, -0.05) is 19.3 Å². The highest BCUT2D eigenvalue weighted by Gasteiger charge is 2.19. The summed E-state index contributed by atoms with van der Waals surface area (Å²) in [5.41, 5.74) is 9.37. The van der Waals surface area contributed by atoms with Crippen molar-refractivity contribution in [3.05, 3.63) is 65.2 Å². The molecule has 0 saturated carbocycles. The minimum atomic E-state index is -1.03. The molecule has 2 rings (SSSR count). The summed E-state index contributed by atoms with van der Waals surface area (Å²) in [6.45, 7) is 0.150. The summed E-state index contributed by atoms with van der Waals surface area (Å²) in [4.78, 5) is 37.2. The van der Waals surface area contributed by atoms with Crippen LogP contribution in [-0.2, 0) is 9.59 Å². The standard InChI is InChI=1S/C22H25N5O4.CH4/c1-27(2)14-20(28)24-18-11-7-16(8-12-18)4-3-15-5-9-17(10-6-15)21(29)25-19(13-23)22(30)26-31;/h5-12,19,31H,13-14,23H2,1-2H3,(H,24,28)(H,25,29)(H,26,30);1H4/t19-;/m0./s1. The first-order valence-corrected chi connectivity index (χ1v) is 9.44. The molecule has 2 aromatic rings. The number of likely N-dealkylation sites (N-methyl/N-ethyl adjacent to an activating group) is 1. The Morgan fingerprint density at radius 3 is 2.00 bits per heavy atom. The molecule has 3 amide bonds. The molecule has 0 aliphatic rings. The fraction of sp³-hybridized carbons (Fsp3) is 0.261. The van der Waals surface area contributed by atoms with Crippen molar-refractivity contribution in [2.75, 3.05) is 32.5 Å². The number of nitrogens with zero attached hydrogens (tertiary/aromatic N) is 1. The van der Waals surface area contributed by atoms with E-state index in [-0.39, 0.29) is 19.9 Å². The Bertz CT molecular complexity index is 976. The Hall–Kier alpha value is -3.71. The Morgan fingerprint density at radius 2 is 1.53 bits per heavy atom. The predicted molar refractivity (Wildman–Crippen MR) is 123 cm³/mol. The molecule has 0 aliphatic heterocycles. The van der Waals surface area contributed by atoms with E-state index in [1.54, 1.807) is 53.4 Å². The minimum absolute atomic E-state index is 0. The highest BCUT2D eigenvalue weighted by Crippen LogP contribution is 2.09. The van der Waals surface area contributed by atoms with Crippen LogP contribution in [0.25, 0.3) is 0 Å². The summed E-state index contributed by atoms with van der Waals surface area (Å²) in [6.07, 6.45) is 0. The van der Waals surface area contributed by atoms with Crippen molar-refractivity contribution < 1.29 is 19.6 Å². The number of anilines is 1. The van der Waals surface area contributed by atoms with E-state index >= 15 is 0 Å². The number of benzene rings is 2. The predicted octanol–water partition coefficient (Wildman–Crippen LogP) is 0.785. The number of nitrogens with two attached hydrogens (primary N) is 1.